The third-order valence-corrected chi connectivity index (χ3v) is 12.5. The SMILES string of the molecule is c1ccc(-c2nc(-c3cccc(-c4cccc5c4C(c4ccccc4)(c4ccccc4)c4ccccc4-5)c3)cc(-c3ccc4sc5ccccc5c4c3)n2)cc1. The smallest absolute Gasteiger partial charge is 0.160 e. The predicted molar refractivity (Wildman–Crippen MR) is 234 cm³/mol. The fourth-order valence-corrected chi connectivity index (χ4v) is 10.0. The summed E-state index contributed by atoms with van der Waals surface area (Å²) in [5.41, 5.74) is 14.4. The zero-order valence-electron chi connectivity index (χ0n) is 30.4. The lowest BCUT2D eigenvalue weighted by molar-refractivity contribution is 0.770. The highest BCUT2D eigenvalue weighted by molar-refractivity contribution is 7.25. The van der Waals surface area contributed by atoms with Gasteiger partial charge >= 0.3 is 0 Å². The third kappa shape index (κ3) is 5.09. The topological polar surface area (TPSA) is 25.8 Å². The molecule has 0 N–H and O–H groups in total. The molecule has 0 radical (unpaired) electrons. The molecule has 0 saturated carbocycles. The highest BCUT2D eigenvalue weighted by atomic mass is 32.1. The van der Waals surface area contributed by atoms with Crippen LogP contribution in [0.4, 0.5) is 0 Å². The number of nitrogens with zero attached hydrogens (tertiary/aromatic N) is 2. The van der Waals surface area contributed by atoms with Gasteiger partial charge in [-0.05, 0) is 74.8 Å². The van der Waals surface area contributed by atoms with E-state index in [0.29, 0.717) is 5.82 Å². The quantitative estimate of drug-likeness (QED) is 0.170. The molecule has 1 aliphatic rings. The molecule has 1 aliphatic carbocycles. The van der Waals surface area contributed by atoms with E-state index in [0.717, 1.165) is 33.6 Å². The Hall–Kier alpha value is -6.94. The first-order valence-electron chi connectivity index (χ1n) is 19.1. The summed E-state index contributed by atoms with van der Waals surface area (Å²) in [6.45, 7) is 0. The summed E-state index contributed by atoms with van der Waals surface area (Å²) in [6.07, 6.45) is 0. The zero-order chi connectivity index (χ0) is 37.1. The fraction of sp³-hybridized carbons (Fsp3) is 0.0189. The van der Waals surface area contributed by atoms with Crippen molar-refractivity contribution in [3.05, 3.63) is 229 Å². The van der Waals surface area contributed by atoms with Crippen molar-refractivity contribution in [2.75, 3.05) is 0 Å². The lowest BCUT2D eigenvalue weighted by Crippen LogP contribution is -2.29. The van der Waals surface area contributed by atoms with E-state index < -0.39 is 5.41 Å². The minimum absolute atomic E-state index is 0.506. The third-order valence-electron chi connectivity index (χ3n) is 11.4. The molecule has 0 fully saturated rings. The Morgan fingerprint density at radius 1 is 0.357 bits per heavy atom. The summed E-state index contributed by atoms with van der Waals surface area (Å²) >= 11 is 1.83. The van der Waals surface area contributed by atoms with Crippen LogP contribution in [-0.2, 0) is 5.41 Å². The molecule has 56 heavy (non-hydrogen) atoms. The van der Waals surface area contributed by atoms with Crippen LogP contribution in [0.25, 0.3) is 76.3 Å². The maximum absolute atomic E-state index is 5.26. The van der Waals surface area contributed by atoms with E-state index in [2.05, 4.69) is 200 Å². The number of benzene rings is 8. The number of hydrogen-bond acceptors (Lipinski definition) is 3. The van der Waals surface area contributed by atoms with E-state index >= 15 is 0 Å². The largest absolute Gasteiger partial charge is 0.228 e. The average molecular weight is 731 g/mol. The van der Waals surface area contributed by atoms with Crippen LogP contribution >= 0.6 is 11.3 Å². The molecule has 262 valence electrons. The predicted octanol–water partition coefficient (Wildman–Crippen LogP) is 13.9. The molecule has 0 spiro atoms. The van der Waals surface area contributed by atoms with Gasteiger partial charge in [-0.25, -0.2) is 9.97 Å². The maximum atomic E-state index is 5.26. The molecule has 0 atom stereocenters. The normalized spacial score (nSPS) is 12.8. The Bertz CT molecular complexity index is 3040. The minimum atomic E-state index is -0.506. The van der Waals surface area contributed by atoms with E-state index in [4.69, 9.17) is 9.97 Å². The van der Waals surface area contributed by atoms with Gasteiger partial charge in [0.25, 0.3) is 0 Å². The van der Waals surface area contributed by atoms with Crippen LogP contribution in [0.15, 0.2) is 206 Å². The Labute approximate surface area is 330 Å². The molecular weight excluding hydrogens is 697 g/mol. The second-order valence-corrected chi connectivity index (χ2v) is 15.6. The summed E-state index contributed by atoms with van der Waals surface area (Å²) in [5, 5.41) is 2.53. The summed E-state index contributed by atoms with van der Waals surface area (Å²) < 4.78 is 2.57. The van der Waals surface area contributed by atoms with Crippen molar-refractivity contribution in [3.63, 3.8) is 0 Å². The molecule has 10 aromatic rings. The lowest BCUT2D eigenvalue weighted by Gasteiger charge is -2.35. The van der Waals surface area contributed by atoms with Crippen molar-refractivity contribution < 1.29 is 0 Å². The maximum Gasteiger partial charge on any atom is 0.160 e. The minimum Gasteiger partial charge on any atom is -0.228 e. The monoisotopic (exact) mass is 730 g/mol. The first-order valence-corrected chi connectivity index (χ1v) is 19.9. The molecule has 8 aromatic carbocycles. The lowest BCUT2D eigenvalue weighted by atomic mass is 9.66. The van der Waals surface area contributed by atoms with E-state index in [1.807, 2.05) is 17.4 Å². The summed E-state index contributed by atoms with van der Waals surface area (Å²) in [6, 6.07) is 74.6. The average Bonchev–Trinajstić information content (AvgIpc) is 3.81. The van der Waals surface area contributed by atoms with E-state index in [9.17, 15) is 0 Å². The molecule has 11 rings (SSSR count). The van der Waals surface area contributed by atoms with Crippen LogP contribution in [0.2, 0.25) is 0 Å². The van der Waals surface area contributed by atoms with Crippen molar-refractivity contribution in [1.82, 2.24) is 9.97 Å². The molecule has 0 bridgehead atoms. The highest BCUT2D eigenvalue weighted by Gasteiger charge is 2.47. The van der Waals surface area contributed by atoms with Crippen LogP contribution in [0.1, 0.15) is 22.3 Å². The molecule has 0 aliphatic heterocycles. The van der Waals surface area contributed by atoms with Gasteiger partial charge < -0.3 is 0 Å². The van der Waals surface area contributed by atoms with Gasteiger partial charge in [-0.3, -0.25) is 0 Å². The molecule has 2 aromatic heterocycles. The van der Waals surface area contributed by atoms with Gasteiger partial charge in [0.15, 0.2) is 5.82 Å². The van der Waals surface area contributed by atoms with E-state index in [1.165, 1.54) is 59.1 Å². The van der Waals surface area contributed by atoms with Gasteiger partial charge in [0.1, 0.15) is 0 Å². The Morgan fingerprint density at radius 2 is 0.911 bits per heavy atom. The number of rotatable bonds is 6. The Balaban J connectivity index is 1.12. The Kier molecular flexibility index (Phi) is 7.61. The fourth-order valence-electron chi connectivity index (χ4n) is 8.93. The second kappa shape index (κ2) is 13.1. The number of hydrogen-bond donors (Lipinski definition) is 0. The number of thiophene rings is 1. The standard InChI is InChI=1S/C53H34N2S/c1-4-16-35(17-5-1)52-54-47(34-48(55-52)38-30-31-50-45(33-38)43-25-11-13-29-49(43)56-50)37-19-14-18-36(32-37)41-26-15-27-44-42-24-10-12-28-46(42)53(51(41)44,39-20-6-2-7-21-39)40-22-8-3-9-23-40/h1-34H. The highest BCUT2D eigenvalue weighted by Crippen LogP contribution is 2.58. The van der Waals surface area contributed by atoms with Gasteiger partial charge in [-0.2, -0.15) is 0 Å². The molecule has 0 amide bonds. The van der Waals surface area contributed by atoms with Crippen LogP contribution in [-0.4, -0.2) is 9.97 Å². The first-order chi connectivity index (χ1) is 27.8. The van der Waals surface area contributed by atoms with Crippen molar-refractivity contribution in [3.8, 4) is 56.2 Å². The number of fused-ring (bicyclic) bond motifs is 6. The molecule has 0 unspecified atom stereocenters. The van der Waals surface area contributed by atoms with Gasteiger partial charge in [0, 0.05) is 36.9 Å². The van der Waals surface area contributed by atoms with Gasteiger partial charge in [-0.15, -0.1) is 11.3 Å². The summed E-state index contributed by atoms with van der Waals surface area (Å²) in [5.74, 6) is 0.710. The summed E-state index contributed by atoms with van der Waals surface area (Å²) in [7, 11) is 0. The molecule has 3 heteroatoms. The number of aromatic nitrogens is 2. The zero-order valence-corrected chi connectivity index (χ0v) is 31.2. The van der Waals surface area contributed by atoms with Gasteiger partial charge in [-0.1, -0.05) is 176 Å². The van der Waals surface area contributed by atoms with Crippen LogP contribution in [0, 0.1) is 0 Å². The van der Waals surface area contributed by atoms with Crippen molar-refractivity contribution in [1.29, 1.82) is 0 Å². The van der Waals surface area contributed by atoms with Crippen molar-refractivity contribution >= 4 is 31.5 Å². The van der Waals surface area contributed by atoms with Gasteiger partial charge in [0.2, 0.25) is 0 Å². The molecular formula is C53H34N2S. The summed E-state index contributed by atoms with van der Waals surface area (Å²) in [4.78, 5) is 10.5. The van der Waals surface area contributed by atoms with E-state index in [-0.39, 0.29) is 0 Å². The van der Waals surface area contributed by atoms with E-state index in [1.54, 1.807) is 0 Å². The van der Waals surface area contributed by atoms with Gasteiger partial charge in [0.05, 0.1) is 16.8 Å². The Morgan fingerprint density at radius 3 is 1.68 bits per heavy atom. The van der Waals surface area contributed by atoms with Crippen LogP contribution < -0.4 is 0 Å². The second-order valence-electron chi connectivity index (χ2n) is 14.5. The van der Waals surface area contributed by atoms with Crippen molar-refractivity contribution in [2.45, 2.75) is 5.41 Å². The molecule has 0 saturated heterocycles. The van der Waals surface area contributed by atoms with Crippen LogP contribution in [0.3, 0.4) is 0 Å². The first kappa shape index (κ1) is 32.5. The molecule has 2 nitrogen and oxygen atoms in total. The van der Waals surface area contributed by atoms with Crippen molar-refractivity contribution in [2.24, 2.45) is 0 Å². The van der Waals surface area contributed by atoms with Crippen LogP contribution in [0.5, 0.6) is 0 Å². The molecule has 2 heterocycles.